The summed E-state index contributed by atoms with van der Waals surface area (Å²) in [5, 5.41) is 28.7. The second-order valence-electron chi connectivity index (χ2n) is 4.76. The first-order valence-corrected chi connectivity index (χ1v) is 6.66. The van der Waals surface area contributed by atoms with Crippen molar-refractivity contribution in [3.05, 3.63) is 47.5 Å². The molecule has 2 aromatic carbocycles. The van der Waals surface area contributed by atoms with Crippen molar-refractivity contribution < 1.29 is 20.1 Å². The summed E-state index contributed by atoms with van der Waals surface area (Å²) in [4.78, 5) is 0. The SMILES string of the molecule is CCOc1cc(O)cc(C=C(C)c2cc(O)cc(O)c2)c1. The summed E-state index contributed by atoms with van der Waals surface area (Å²) in [5.74, 6) is 0.724. The first-order valence-electron chi connectivity index (χ1n) is 6.66. The van der Waals surface area contributed by atoms with E-state index in [0.717, 1.165) is 11.1 Å². The minimum atomic E-state index is 0.00339. The van der Waals surface area contributed by atoms with Crippen molar-refractivity contribution in [2.75, 3.05) is 6.61 Å². The van der Waals surface area contributed by atoms with Gasteiger partial charge in [-0.05, 0) is 54.8 Å². The topological polar surface area (TPSA) is 69.9 Å². The predicted octanol–water partition coefficient (Wildman–Crippen LogP) is 3.76. The minimum absolute atomic E-state index is 0.00339. The van der Waals surface area contributed by atoms with Crippen molar-refractivity contribution in [2.24, 2.45) is 0 Å². The second-order valence-corrected chi connectivity index (χ2v) is 4.76. The van der Waals surface area contributed by atoms with Gasteiger partial charge >= 0.3 is 0 Å². The molecule has 0 fully saturated rings. The second kappa shape index (κ2) is 6.22. The highest BCUT2D eigenvalue weighted by Crippen LogP contribution is 2.29. The van der Waals surface area contributed by atoms with Crippen LogP contribution in [0.5, 0.6) is 23.0 Å². The van der Waals surface area contributed by atoms with Gasteiger partial charge in [0.2, 0.25) is 0 Å². The van der Waals surface area contributed by atoms with E-state index in [0.29, 0.717) is 17.9 Å². The van der Waals surface area contributed by atoms with Crippen molar-refractivity contribution in [1.29, 1.82) is 0 Å². The molecular weight excluding hydrogens is 268 g/mol. The third kappa shape index (κ3) is 3.92. The van der Waals surface area contributed by atoms with Crippen molar-refractivity contribution >= 4 is 11.6 Å². The molecule has 4 heteroatoms. The molecular formula is C17H18O4. The maximum atomic E-state index is 9.70. The molecule has 0 aliphatic rings. The molecule has 0 unspecified atom stereocenters. The van der Waals surface area contributed by atoms with Gasteiger partial charge in [0.05, 0.1) is 6.61 Å². The average molecular weight is 286 g/mol. The molecule has 110 valence electrons. The van der Waals surface area contributed by atoms with Crippen molar-refractivity contribution in [3.8, 4) is 23.0 Å². The Morgan fingerprint density at radius 1 is 0.952 bits per heavy atom. The van der Waals surface area contributed by atoms with Gasteiger partial charge in [0.15, 0.2) is 0 Å². The first kappa shape index (κ1) is 14.8. The van der Waals surface area contributed by atoms with Crippen LogP contribution in [0.3, 0.4) is 0 Å². The highest BCUT2D eigenvalue weighted by Gasteiger charge is 2.04. The Balaban J connectivity index is 2.37. The van der Waals surface area contributed by atoms with E-state index in [1.165, 1.54) is 6.07 Å². The molecule has 2 rings (SSSR count). The maximum absolute atomic E-state index is 9.70. The van der Waals surface area contributed by atoms with Crippen LogP contribution < -0.4 is 4.74 Å². The van der Waals surface area contributed by atoms with Crippen LogP contribution in [0.2, 0.25) is 0 Å². The van der Waals surface area contributed by atoms with Gasteiger partial charge < -0.3 is 20.1 Å². The summed E-state index contributed by atoms with van der Waals surface area (Å²) in [6, 6.07) is 9.40. The van der Waals surface area contributed by atoms with E-state index >= 15 is 0 Å². The van der Waals surface area contributed by atoms with E-state index in [9.17, 15) is 15.3 Å². The van der Waals surface area contributed by atoms with Crippen molar-refractivity contribution in [1.82, 2.24) is 0 Å². The van der Waals surface area contributed by atoms with Crippen LogP contribution in [0.4, 0.5) is 0 Å². The van der Waals surface area contributed by atoms with Gasteiger partial charge in [0, 0.05) is 12.1 Å². The summed E-state index contributed by atoms with van der Waals surface area (Å²) in [6.45, 7) is 4.25. The Kier molecular flexibility index (Phi) is 4.38. The zero-order chi connectivity index (χ0) is 15.4. The molecule has 0 heterocycles. The molecule has 2 aromatic rings. The maximum Gasteiger partial charge on any atom is 0.123 e. The van der Waals surface area contributed by atoms with Gasteiger partial charge in [-0.1, -0.05) is 6.08 Å². The third-order valence-electron chi connectivity index (χ3n) is 2.97. The summed E-state index contributed by atoms with van der Waals surface area (Å²) in [5.41, 5.74) is 2.32. The van der Waals surface area contributed by atoms with E-state index in [-0.39, 0.29) is 17.2 Å². The van der Waals surface area contributed by atoms with Crippen LogP contribution in [0.15, 0.2) is 36.4 Å². The summed E-state index contributed by atoms with van der Waals surface area (Å²) in [6.07, 6.45) is 1.84. The molecule has 0 radical (unpaired) electrons. The van der Waals surface area contributed by atoms with Crippen LogP contribution in [-0.4, -0.2) is 21.9 Å². The number of hydrogen-bond donors (Lipinski definition) is 3. The van der Waals surface area contributed by atoms with Gasteiger partial charge in [0.1, 0.15) is 23.0 Å². The van der Waals surface area contributed by atoms with E-state index in [2.05, 4.69) is 0 Å². The number of ether oxygens (including phenoxy) is 1. The highest BCUT2D eigenvalue weighted by molar-refractivity contribution is 5.81. The molecule has 0 saturated heterocycles. The molecule has 4 nitrogen and oxygen atoms in total. The highest BCUT2D eigenvalue weighted by atomic mass is 16.5. The summed E-state index contributed by atoms with van der Waals surface area (Å²) < 4.78 is 5.38. The third-order valence-corrected chi connectivity index (χ3v) is 2.97. The molecule has 0 aromatic heterocycles. The smallest absolute Gasteiger partial charge is 0.123 e. The van der Waals surface area contributed by atoms with Crippen LogP contribution in [-0.2, 0) is 0 Å². The van der Waals surface area contributed by atoms with Gasteiger partial charge in [-0.25, -0.2) is 0 Å². The lowest BCUT2D eigenvalue weighted by atomic mass is 10.0. The molecule has 0 amide bonds. The molecule has 0 bridgehead atoms. The lowest BCUT2D eigenvalue weighted by molar-refractivity contribution is 0.337. The van der Waals surface area contributed by atoms with E-state index in [1.54, 1.807) is 24.3 Å². The number of rotatable bonds is 4. The lowest BCUT2D eigenvalue weighted by Crippen LogP contribution is -1.91. The zero-order valence-electron chi connectivity index (χ0n) is 12.0. The quantitative estimate of drug-likeness (QED) is 0.748. The Morgan fingerprint density at radius 2 is 1.57 bits per heavy atom. The van der Waals surface area contributed by atoms with Crippen molar-refractivity contribution in [3.63, 3.8) is 0 Å². The average Bonchev–Trinajstić information content (AvgIpc) is 2.37. The summed E-state index contributed by atoms with van der Waals surface area (Å²) in [7, 11) is 0. The van der Waals surface area contributed by atoms with Gasteiger partial charge in [-0.15, -0.1) is 0 Å². The Bertz CT molecular complexity index is 654. The van der Waals surface area contributed by atoms with E-state index in [1.807, 2.05) is 26.0 Å². The van der Waals surface area contributed by atoms with Crippen molar-refractivity contribution in [2.45, 2.75) is 13.8 Å². The molecule has 0 aliphatic heterocycles. The molecule has 0 atom stereocenters. The zero-order valence-corrected chi connectivity index (χ0v) is 12.0. The lowest BCUT2D eigenvalue weighted by Gasteiger charge is -2.07. The van der Waals surface area contributed by atoms with Crippen LogP contribution in [0.25, 0.3) is 11.6 Å². The molecule has 3 N–H and O–H groups in total. The Hall–Kier alpha value is -2.62. The normalized spacial score (nSPS) is 11.4. The van der Waals surface area contributed by atoms with E-state index in [4.69, 9.17) is 4.74 Å². The fourth-order valence-electron chi connectivity index (χ4n) is 2.10. The fourth-order valence-corrected chi connectivity index (χ4v) is 2.10. The molecule has 21 heavy (non-hydrogen) atoms. The van der Waals surface area contributed by atoms with Gasteiger partial charge in [-0.2, -0.15) is 0 Å². The van der Waals surface area contributed by atoms with Gasteiger partial charge in [0.25, 0.3) is 0 Å². The minimum Gasteiger partial charge on any atom is -0.508 e. The molecule has 0 aliphatic carbocycles. The Morgan fingerprint density at radius 3 is 2.19 bits per heavy atom. The van der Waals surface area contributed by atoms with Crippen LogP contribution in [0.1, 0.15) is 25.0 Å². The standard InChI is InChI=1S/C17H18O4/c1-3-21-17-6-12(5-14(18)10-17)4-11(2)13-7-15(19)9-16(20)8-13/h4-10,18-20H,3H2,1-2H3. The number of benzene rings is 2. The molecule has 0 saturated carbocycles. The predicted molar refractivity (Wildman–Crippen MR) is 82.6 cm³/mol. The monoisotopic (exact) mass is 286 g/mol. The van der Waals surface area contributed by atoms with E-state index < -0.39 is 0 Å². The summed E-state index contributed by atoms with van der Waals surface area (Å²) >= 11 is 0. The fraction of sp³-hybridized carbons (Fsp3) is 0.176. The number of phenols is 3. The van der Waals surface area contributed by atoms with Crippen LogP contribution in [0, 0.1) is 0 Å². The number of hydrogen-bond acceptors (Lipinski definition) is 4. The number of aromatic hydroxyl groups is 3. The number of allylic oxidation sites excluding steroid dienone is 1. The largest absolute Gasteiger partial charge is 0.508 e. The van der Waals surface area contributed by atoms with Gasteiger partial charge in [-0.3, -0.25) is 0 Å². The number of phenolic OH excluding ortho intramolecular Hbond substituents is 3. The van der Waals surface area contributed by atoms with Crippen LogP contribution >= 0.6 is 0 Å². The first-order chi connectivity index (χ1) is 9.97. The molecule has 0 spiro atoms. The Labute approximate surface area is 123 Å².